The fraction of sp³-hybridized carbons (Fsp3) is 0.333. The van der Waals surface area contributed by atoms with Crippen molar-refractivity contribution in [3.63, 3.8) is 0 Å². The van der Waals surface area contributed by atoms with Crippen LogP contribution in [-0.2, 0) is 0 Å². The molecule has 1 amide bonds. The molecule has 1 saturated carbocycles. The maximum absolute atomic E-state index is 13.0. The molecule has 1 aliphatic carbocycles. The first-order valence-electron chi connectivity index (χ1n) is 9.79. The molecule has 4 N–H and O–H groups in total. The van der Waals surface area contributed by atoms with Crippen LogP contribution in [0.3, 0.4) is 0 Å². The van der Waals surface area contributed by atoms with E-state index in [9.17, 15) is 9.18 Å². The first kappa shape index (κ1) is 19.8. The Labute approximate surface area is 173 Å². The highest BCUT2D eigenvalue weighted by molar-refractivity contribution is 6.11. The first-order valence-corrected chi connectivity index (χ1v) is 9.79. The van der Waals surface area contributed by atoms with Gasteiger partial charge in [-0.25, -0.2) is 14.4 Å². The number of H-pyrrole nitrogens is 1. The number of nitrogens with two attached hydrogens (primary N) is 1. The van der Waals surface area contributed by atoms with E-state index in [4.69, 9.17) is 5.73 Å². The van der Waals surface area contributed by atoms with Crippen LogP contribution in [0.5, 0.6) is 0 Å². The quantitative estimate of drug-likeness (QED) is 0.543. The lowest BCUT2D eigenvalue weighted by Crippen LogP contribution is -2.27. The largest absolute Gasteiger partial charge is 0.398 e. The molecular weight excluding hydrogens is 385 g/mol. The Bertz CT molecular complexity index is 1160. The van der Waals surface area contributed by atoms with Gasteiger partial charge in [0.05, 0.1) is 12.2 Å². The number of carbonyl (C=O) groups is 1. The van der Waals surface area contributed by atoms with E-state index in [-0.39, 0.29) is 11.7 Å². The standard InChI is InChI=1S/C21H24FN7O/c1-11(2)29-10-13(12-5-4-6-25-20(12)29)15(23)8-17(24-3)19-26-9-18(27-19)21(30)28-16-7-14(16)22/h4-6,8-11,14,16H,7,23H2,1-3H3,(H,26,27)(H,28,30)/t14-,16?/m0/s1. The highest BCUT2D eigenvalue weighted by Gasteiger charge is 2.39. The van der Waals surface area contributed by atoms with Gasteiger partial charge in [-0.15, -0.1) is 0 Å². The third kappa shape index (κ3) is 3.70. The van der Waals surface area contributed by atoms with E-state index >= 15 is 0 Å². The first-order chi connectivity index (χ1) is 14.4. The number of hydrogen-bond donors (Lipinski definition) is 3. The summed E-state index contributed by atoms with van der Waals surface area (Å²) in [5.41, 5.74) is 9.38. The second kappa shape index (κ2) is 7.74. The lowest BCUT2D eigenvalue weighted by molar-refractivity contribution is 0.0943. The van der Waals surface area contributed by atoms with E-state index in [1.54, 1.807) is 19.3 Å². The van der Waals surface area contributed by atoms with E-state index in [0.29, 0.717) is 23.7 Å². The molecule has 3 aromatic heterocycles. The minimum Gasteiger partial charge on any atom is -0.398 e. The van der Waals surface area contributed by atoms with E-state index in [0.717, 1.165) is 16.6 Å². The number of amides is 1. The molecule has 0 bridgehead atoms. The second-order valence-electron chi connectivity index (χ2n) is 7.60. The Morgan fingerprint density at radius 3 is 2.90 bits per heavy atom. The van der Waals surface area contributed by atoms with Crippen LogP contribution in [0.25, 0.3) is 16.7 Å². The number of aromatic nitrogens is 4. The van der Waals surface area contributed by atoms with Gasteiger partial charge in [-0.1, -0.05) is 0 Å². The summed E-state index contributed by atoms with van der Waals surface area (Å²) in [6, 6.07) is 3.67. The number of rotatable bonds is 6. The van der Waals surface area contributed by atoms with Crippen LogP contribution in [0.4, 0.5) is 4.39 Å². The molecule has 1 fully saturated rings. The highest BCUT2D eigenvalue weighted by atomic mass is 19.1. The summed E-state index contributed by atoms with van der Waals surface area (Å²) < 4.78 is 15.1. The summed E-state index contributed by atoms with van der Waals surface area (Å²) in [5.74, 6) is 0.0151. The molecular formula is C21H24FN7O. The second-order valence-corrected chi connectivity index (χ2v) is 7.60. The van der Waals surface area contributed by atoms with Crippen LogP contribution in [0.1, 0.15) is 48.2 Å². The number of fused-ring (bicyclic) bond motifs is 1. The number of aromatic amines is 1. The fourth-order valence-corrected chi connectivity index (χ4v) is 3.30. The lowest BCUT2D eigenvalue weighted by atomic mass is 10.1. The number of nitrogens with one attached hydrogen (secondary N) is 2. The molecule has 8 nitrogen and oxygen atoms in total. The number of carbonyl (C=O) groups excluding carboxylic acids is 1. The molecule has 0 aromatic carbocycles. The molecule has 1 aliphatic rings. The van der Waals surface area contributed by atoms with Crippen molar-refractivity contribution >= 4 is 28.3 Å². The maximum Gasteiger partial charge on any atom is 0.269 e. The summed E-state index contributed by atoms with van der Waals surface area (Å²) in [5, 5.41) is 3.56. The fourth-order valence-electron chi connectivity index (χ4n) is 3.30. The predicted octanol–water partition coefficient (Wildman–Crippen LogP) is 2.60. The molecule has 30 heavy (non-hydrogen) atoms. The summed E-state index contributed by atoms with van der Waals surface area (Å²) in [6.07, 6.45) is 6.24. The predicted molar refractivity (Wildman–Crippen MR) is 114 cm³/mol. The van der Waals surface area contributed by atoms with Crippen LogP contribution in [0.2, 0.25) is 0 Å². The van der Waals surface area contributed by atoms with Gasteiger partial charge in [-0.2, -0.15) is 0 Å². The number of alkyl halides is 1. The lowest BCUT2D eigenvalue weighted by Gasteiger charge is -2.07. The number of halogens is 1. The Morgan fingerprint density at radius 2 is 2.23 bits per heavy atom. The van der Waals surface area contributed by atoms with Gasteiger partial charge < -0.3 is 20.6 Å². The number of nitrogens with zero attached hydrogens (tertiary/aromatic N) is 4. The zero-order valence-corrected chi connectivity index (χ0v) is 17.1. The highest BCUT2D eigenvalue weighted by Crippen LogP contribution is 2.27. The molecule has 0 saturated heterocycles. The van der Waals surface area contributed by atoms with Gasteiger partial charge >= 0.3 is 0 Å². The van der Waals surface area contributed by atoms with Gasteiger partial charge in [0, 0.05) is 48.6 Å². The molecule has 0 aliphatic heterocycles. The monoisotopic (exact) mass is 409 g/mol. The molecule has 3 heterocycles. The van der Waals surface area contributed by atoms with Crippen LogP contribution in [0, 0.1) is 0 Å². The molecule has 2 atom stereocenters. The molecule has 1 unspecified atom stereocenters. The Balaban J connectivity index is 1.62. The van der Waals surface area contributed by atoms with Gasteiger partial charge in [-0.3, -0.25) is 9.79 Å². The van der Waals surface area contributed by atoms with Crippen molar-refractivity contribution in [2.45, 2.75) is 38.5 Å². The smallest absolute Gasteiger partial charge is 0.269 e. The SMILES string of the molecule is CN=C(C=C(N)c1cn(C(C)C)c2ncccc12)c1ncc(C(=O)NC2C[C@@H]2F)[nH]1. The van der Waals surface area contributed by atoms with Gasteiger partial charge in [0.25, 0.3) is 5.91 Å². The van der Waals surface area contributed by atoms with Crippen molar-refractivity contribution < 1.29 is 9.18 Å². The van der Waals surface area contributed by atoms with Gasteiger partial charge in [0.1, 0.15) is 23.2 Å². The maximum atomic E-state index is 13.0. The number of hydrogen-bond acceptors (Lipinski definition) is 5. The topological polar surface area (TPSA) is 114 Å². The number of allylic oxidation sites excluding steroid dienone is 1. The van der Waals surface area contributed by atoms with Crippen molar-refractivity contribution in [1.82, 2.24) is 24.8 Å². The molecule has 3 aromatic rings. The summed E-state index contributed by atoms with van der Waals surface area (Å²) in [6.45, 7) is 4.16. The van der Waals surface area contributed by atoms with Gasteiger partial charge in [0.2, 0.25) is 0 Å². The summed E-state index contributed by atoms with van der Waals surface area (Å²) in [7, 11) is 1.62. The molecule has 9 heteroatoms. The summed E-state index contributed by atoms with van der Waals surface area (Å²) in [4.78, 5) is 28.1. The third-order valence-electron chi connectivity index (χ3n) is 5.08. The minimum atomic E-state index is -0.964. The van der Waals surface area contributed by atoms with E-state index in [1.165, 1.54) is 6.20 Å². The van der Waals surface area contributed by atoms with Crippen molar-refractivity contribution in [3.8, 4) is 0 Å². The van der Waals surface area contributed by atoms with Crippen LogP contribution < -0.4 is 11.1 Å². The third-order valence-corrected chi connectivity index (χ3v) is 5.08. The van der Waals surface area contributed by atoms with E-state index in [2.05, 4.69) is 43.7 Å². The van der Waals surface area contributed by atoms with Crippen molar-refractivity contribution in [3.05, 3.63) is 53.9 Å². The Hall–Kier alpha value is -3.49. The number of imidazole rings is 1. The Kier molecular flexibility index (Phi) is 5.11. The van der Waals surface area contributed by atoms with Crippen LogP contribution in [0.15, 0.2) is 41.8 Å². The molecule has 156 valence electrons. The molecule has 0 spiro atoms. The average molecular weight is 409 g/mol. The zero-order valence-electron chi connectivity index (χ0n) is 17.1. The zero-order chi connectivity index (χ0) is 21.4. The molecule has 0 radical (unpaired) electrons. The number of pyridine rings is 1. The Morgan fingerprint density at radius 1 is 1.47 bits per heavy atom. The van der Waals surface area contributed by atoms with Gasteiger partial charge in [-0.05, 0) is 32.1 Å². The average Bonchev–Trinajstić information content (AvgIpc) is 3.14. The normalized spacial score (nSPS) is 19.5. The number of aliphatic imine (C=N–C) groups is 1. The van der Waals surface area contributed by atoms with E-state index < -0.39 is 18.1 Å². The van der Waals surface area contributed by atoms with E-state index in [1.807, 2.05) is 18.3 Å². The van der Waals surface area contributed by atoms with Crippen LogP contribution in [-0.4, -0.2) is 50.4 Å². The molecule has 4 rings (SSSR count). The van der Waals surface area contributed by atoms with Crippen molar-refractivity contribution in [1.29, 1.82) is 0 Å². The van der Waals surface area contributed by atoms with Crippen LogP contribution >= 0.6 is 0 Å². The van der Waals surface area contributed by atoms with Crippen molar-refractivity contribution in [2.24, 2.45) is 10.7 Å². The van der Waals surface area contributed by atoms with Gasteiger partial charge in [0.15, 0.2) is 5.82 Å². The minimum absolute atomic E-state index is 0.227. The summed E-state index contributed by atoms with van der Waals surface area (Å²) >= 11 is 0. The van der Waals surface area contributed by atoms with Crippen molar-refractivity contribution in [2.75, 3.05) is 7.05 Å².